The summed E-state index contributed by atoms with van der Waals surface area (Å²) in [5.74, 6) is -1.05. The summed E-state index contributed by atoms with van der Waals surface area (Å²) >= 11 is 4.28. The summed E-state index contributed by atoms with van der Waals surface area (Å²) in [4.78, 5) is 20.6. The van der Waals surface area contributed by atoms with Gasteiger partial charge in [-0.2, -0.15) is 0 Å². The van der Waals surface area contributed by atoms with Gasteiger partial charge in [0.05, 0.1) is 0 Å². The van der Waals surface area contributed by atoms with E-state index < -0.39 is 18.0 Å². The van der Waals surface area contributed by atoms with Crippen LogP contribution in [0.4, 0.5) is 4.79 Å². The largest absolute Gasteiger partial charge is 0.480 e. The summed E-state index contributed by atoms with van der Waals surface area (Å²) in [6, 6.07) is -1.49. The van der Waals surface area contributed by atoms with Crippen LogP contribution in [0.5, 0.6) is 0 Å². The van der Waals surface area contributed by atoms with Crippen LogP contribution in [0.2, 0.25) is 0 Å². The third-order valence-electron chi connectivity index (χ3n) is 1.37. The van der Waals surface area contributed by atoms with Gasteiger partial charge in [0.15, 0.2) is 6.04 Å². The second-order valence-electron chi connectivity index (χ2n) is 2.39. The van der Waals surface area contributed by atoms with E-state index in [0.717, 1.165) is 0 Å². The Kier molecular flexibility index (Phi) is 5.69. The van der Waals surface area contributed by atoms with Crippen LogP contribution in [-0.2, 0) is 17.2 Å². The molecule has 0 saturated heterocycles. The SMILES string of the molecule is NC(=O)NCCC[C@H](N=S)C(=O)O. The highest BCUT2D eigenvalue weighted by Gasteiger charge is 2.14. The van der Waals surface area contributed by atoms with Gasteiger partial charge in [-0.3, -0.25) is 0 Å². The van der Waals surface area contributed by atoms with Crippen molar-refractivity contribution in [2.24, 2.45) is 10.1 Å². The number of nitrogens with zero attached hydrogens (tertiary/aromatic N) is 1. The third kappa shape index (κ3) is 5.97. The van der Waals surface area contributed by atoms with E-state index in [9.17, 15) is 9.59 Å². The number of urea groups is 1. The fourth-order valence-electron chi connectivity index (χ4n) is 0.728. The van der Waals surface area contributed by atoms with Gasteiger partial charge in [-0.15, -0.1) is 0 Å². The number of aliphatic carboxylic acids is 1. The highest BCUT2D eigenvalue weighted by molar-refractivity contribution is 7.47. The second kappa shape index (κ2) is 6.30. The molecular weight excluding hydrogens is 194 g/mol. The van der Waals surface area contributed by atoms with Crippen molar-refractivity contribution >= 4 is 24.4 Å². The Bertz CT molecular complexity index is 209. The molecule has 7 heteroatoms. The average molecular weight is 205 g/mol. The van der Waals surface area contributed by atoms with Gasteiger partial charge in [0.25, 0.3) is 0 Å². The maximum Gasteiger partial charge on any atom is 0.329 e. The van der Waals surface area contributed by atoms with Gasteiger partial charge in [-0.1, -0.05) is 0 Å². The number of primary amides is 1. The first-order valence-corrected chi connectivity index (χ1v) is 4.03. The van der Waals surface area contributed by atoms with Crippen LogP contribution in [0.1, 0.15) is 12.8 Å². The van der Waals surface area contributed by atoms with Crippen molar-refractivity contribution in [3.8, 4) is 0 Å². The maximum absolute atomic E-state index is 10.4. The number of carboxylic acids is 1. The quantitative estimate of drug-likeness (QED) is 0.514. The van der Waals surface area contributed by atoms with E-state index in [1.54, 1.807) is 0 Å². The number of hydrogen-bond acceptors (Lipinski definition) is 4. The molecular formula is C6H11N3O3S. The van der Waals surface area contributed by atoms with Gasteiger partial charge >= 0.3 is 12.0 Å². The lowest BCUT2D eigenvalue weighted by Crippen LogP contribution is -2.30. The molecule has 0 bridgehead atoms. The Morgan fingerprint density at radius 2 is 2.23 bits per heavy atom. The van der Waals surface area contributed by atoms with E-state index in [1.807, 2.05) is 0 Å². The molecule has 0 aromatic carbocycles. The molecule has 0 aromatic heterocycles. The molecule has 0 fully saturated rings. The zero-order valence-electron chi connectivity index (χ0n) is 6.90. The topological polar surface area (TPSA) is 105 Å². The summed E-state index contributed by atoms with van der Waals surface area (Å²) < 4.78 is 3.24. The zero-order valence-corrected chi connectivity index (χ0v) is 7.71. The summed E-state index contributed by atoms with van der Waals surface area (Å²) in [6.07, 6.45) is 0.791. The van der Waals surface area contributed by atoms with Gasteiger partial charge in [-0.05, 0) is 12.8 Å². The molecule has 0 aromatic rings. The lowest BCUT2D eigenvalue weighted by molar-refractivity contribution is -0.138. The summed E-state index contributed by atoms with van der Waals surface area (Å²) in [7, 11) is 0. The van der Waals surface area contributed by atoms with Gasteiger partial charge < -0.3 is 16.2 Å². The van der Waals surface area contributed by atoms with Crippen molar-refractivity contribution in [2.45, 2.75) is 18.9 Å². The van der Waals surface area contributed by atoms with Crippen molar-refractivity contribution in [2.75, 3.05) is 6.54 Å². The number of carbonyl (C=O) groups excluding carboxylic acids is 1. The van der Waals surface area contributed by atoms with Gasteiger partial charge in [0.1, 0.15) is 0 Å². The highest BCUT2D eigenvalue weighted by Crippen LogP contribution is 2.00. The van der Waals surface area contributed by atoms with E-state index in [1.165, 1.54) is 0 Å². The van der Waals surface area contributed by atoms with Gasteiger partial charge in [-0.25, -0.2) is 14.0 Å². The Hall–Kier alpha value is -1.24. The Labute approximate surface area is 80.7 Å². The molecule has 2 amide bonds. The number of nitrogens with one attached hydrogen (secondary N) is 1. The number of carboxylic acid groups (broad SMARTS) is 1. The number of rotatable bonds is 6. The predicted octanol–water partition coefficient (Wildman–Crippen LogP) is -0.381. The van der Waals surface area contributed by atoms with E-state index in [4.69, 9.17) is 10.8 Å². The fourth-order valence-corrected chi connectivity index (χ4v) is 0.924. The van der Waals surface area contributed by atoms with Crippen LogP contribution in [0, 0.1) is 0 Å². The number of carbonyl (C=O) groups is 2. The lowest BCUT2D eigenvalue weighted by atomic mass is 10.2. The second-order valence-corrected chi connectivity index (χ2v) is 2.60. The molecule has 0 spiro atoms. The minimum atomic E-state index is -1.05. The summed E-state index contributed by atoms with van der Waals surface area (Å²) in [5.41, 5.74) is 4.79. The molecule has 0 saturated carbocycles. The van der Waals surface area contributed by atoms with E-state index in [-0.39, 0.29) is 0 Å². The molecule has 1 atom stereocenters. The van der Waals surface area contributed by atoms with Crippen LogP contribution in [-0.4, -0.2) is 29.7 Å². The average Bonchev–Trinajstić information content (AvgIpc) is 2.03. The zero-order chi connectivity index (χ0) is 10.3. The third-order valence-corrected chi connectivity index (χ3v) is 1.62. The molecule has 74 valence electrons. The number of nitrogens with two attached hydrogens (primary N) is 1. The van der Waals surface area contributed by atoms with Crippen LogP contribution in [0.3, 0.4) is 0 Å². The Morgan fingerprint density at radius 3 is 2.62 bits per heavy atom. The van der Waals surface area contributed by atoms with E-state index >= 15 is 0 Å². The smallest absolute Gasteiger partial charge is 0.329 e. The molecule has 13 heavy (non-hydrogen) atoms. The van der Waals surface area contributed by atoms with Crippen molar-refractivity contribution in [3.05, 3.63) is 0 Å². The maximum atomic E-state index is 10.4. The first kappa shape index (κ1) is 11.8. The summed E-state index contributed by atoms with van der Waals surface area (Å²) in [5, 5.41) is 10.8. The molecule has 4 N–H and O–H groups in total. The minimum absolute atomic E-state index is 0.305. The van der Waals surface area contributed by atoms with Crippen LogP contribution >= 0.6 is 0 Å². The standard InChI is InChI=1S/C6H11N3O3S/c7-6(12)8-3-1-2-4(9-13)5(10)11/h4H,1-3H2,(H,10,11)(H3,7,8,12)/t4-/m0/s1. The monoisotopic (exact) mass is 205 g/mol. The fraction of sp³-hybridized carbons (Fsp3) is 0.667. The molecule has 0 unspecified atom stereocenters. The molecule has 0 radical (unpaired) electrons. The summed E-state index contributed by atoms with van der Waals surface area (Å²) in [6.45, 7) is 0.337. The normalized spacial score (nSPS) is 11.7. The van der Waals surface area contributed by atoms with Crippen LogP contribution < -0.4 is 11.1 Å². The first-order valence-electron chi connectivity index (χ1n) is 3.66. The van der Waals surface area contributed by atoms with Gasteiger partial charge in [0, 0.05) is 19.0 Å². The highest BCUT2D eigenvalue weighted by atomic mass is 32.1. The van der Waals surface area contributed by atoms with Crippen LogP contribution in [0.15, 0.2) is 4.36 Å². The van der Waals surface area contributed by atoms with Crippen LogP contribution in [0.25, 0.3) is 0 Å². The molecule has 0 aliphatic carbocycles. The van der Waals surface area contributed by atoms with Crippen molar-refractivity contribution in [3.63, 3.8) is 0 Å². The van der Waals surface area contributed by atoms with E-state index in [0.29, 0.717) is 19.4 Å². The predicted molar refractivity (Wildman–Crippen MR) is 48.0 cm³/mol. The molecule has 0 heterocycles. The number of hydrogen-bond donors (Lipinski definition) is 3. The molecule has 0 rings (SSSR count). The number of amides is 2. The Balaban J connectivity index is 3.55. The van der Waals surface area contributed by atoms with Crippen molar-refractivity contribution in [1.82, 2.24) is 5.32 Å². The van der Waals surface area contributed by atoms with Crippen molar-refractivity contribution < 1.29 is 14.7 Å². The van der Waals surface area contributed by atoms with Crippen molar-refractivity contribution in [1.29, 1.82) is 0 Å². The minimum Gasteiger partial charge on any atom is -0.480 e. The van der Waals surface area contributed by atoms with E-state index in [2.05, 4.69) is 22.1 Å². The Morgan fingerprint density at radius 1 is 1.62 bits per heavy atom. The lowest BCUT2D eigenvalue weighted by Gasteiger charge is -2.04. The molecule has 0 aliphatic heterocycles. The first-order chi connectivity index (χ1) is 6.07. The van der Waals surface area contributed by atoms with Gasteiger partial charge in [0.2, 0.25) is 0 Å². The molecule has 6 nitrogen and oxygen atoms in total. The molecule has 0 aliphatic rings.